The van der Waals surface area contributed by atoms with Gasteiger partial charge in [0.05, 0.1) is 19.6 Å². The topological polar surface area (TPSA) is 126 Å². The van der Waals surface area contributed by atoms with Crippen molar-refractivity contribution in [1.82, 2.24) is 14.3 Å². The van der Waals surface area contributed by atoms with Gasteiger partial charge in [-0.15, -0.1) is 0 Å². The Morgan fingerprint density at radius 3 is 2.63 bits per heavy atom. The molecule has 1 aromatic heterocycles. The van der Waals surface area contributed by atoms with Gasteiger partial charge < -0.3 is 25.0 Å². The van der Waals surface area contributed by atoms with E-state index in [1.54, 1.807) is 24.3 Å². The molecule has 1 amide bonds. The highest BCUT2D eigenvalue weighted by molar-refractivity contribution is 7.88. The van der Waals surface area contributed by atoms with Crippen LogP contribution in [0.3, 0.4) is 0 Å². The number of sulfonamides is 1. The first-order chi connectivity index (χ1) is 18.2. The van der Waals surface area contributed by atoms with Crippen LogP contribution in [0, 0.1) is 0 Å². The van der Waals surface area contributed by atoms with Crippen molar-refractivity contribution >= 4 is 38.9 Å². The number of amides is 1. The summed E-state index contributed by atoms with van der Waals surface area (Å²) in [4.78, 5) is 22.4. The summed E-state index contributed by atoms with van der Waals surface area (Å²) in [6.07, 6.45) is 4.71. The number of benzene rings is 2. The average Bonchev–Trinajstić information content (AvgIpc) is 3.40. The van der Waals surface area contributed by atoms with E-state index < -0.39 is 10.0 Å². The fourth-order valence-corrected chi connectivity index (χ4v) is 4.90. The first-order valence-corrected chi connectivity index (χ1v) is 13.7. The highest BCUT2D eigenvalue weighted by atomic mass is 32.2. The number of hydrogen-bond donors (Lipinski definition) is 2. The molecule has 4 rings (SSSR count). The zero-order chi connectivity index (χ0) is 27.3. The first kappa shape index (κ1) is 26.9. The standard InChI is InChI=1S/C26H30N6O5S/c1-5-24(33)28-19-7-6-8-22(15-19)37-25-23(36-3)16-27-26(30-25)29-18-9-11-20(12-10-18)31(2)21-13-14-32(17-21)38(4,34)35/h5-12,15-16,21H,1,13-14,17H2,2-4H3,(H,28,33)(H,27,29,30)/t21-/m0/s1. The van der Waals surface area contributed by atoms with Crippen LogP contribution in [-0.4, -0.2) is 68.1 Å². The van der Waals surface area contributed by atoms with E-state index in [9.17, 15) is 13.2 Å². The molecule has 1 saturated heterocycles. The van der Waals surface area contributed by atoms with Crippen LogP contribution in [0.25, 0.3) is 0 Å². The van der Waals surface area contributed by atoms with Gasteiger partial charge in [0.25, 0.3) is 5.88 Å². The molecule has 0 unspecified atom stereocenters. The lowest BCUT2D eigenvalue weighted by Crippen LogP contribution is -2.36. The van der Waals surface area contributed by atoms with E-state index in [0.29, 0.717) is 36.2 Å². The third-order valence-electron chi connectivity index (χ3n) is 6.12. The van der Waals surface area contributed by atoms with Gasteiger partial charge in [-0.1, -0.05) is 12.6 Å². The van der Waals surface area contributed by atoms with Gasteiger partial charge in [-0.2, -0.15) is 4.98 Å². The molecule has 0 aliphatic carbocycles. The van der Waals surface area contributed by atoms with Crippen molar-refractivity contribution in [2.24, 2.45) is 0 Å². The molecule has 2 N–H and O–H groups in total. The Morgan fingerprint density at radius 1 is 1.21 bits per heavy atom. The lowest BCUT2D eigenvalue weighted by Gasteiger charge is -2.27. The van der Waals surface area contributed by atoms with Crippen LogP contribution in [0.2, 0.25) is 0 Å². The number of likely N-dealkylation sites (N-methyl/N-ethyl adjacent to an activating group) is 1. The van der Waals surface area contributed by atoms with Gasteiger partial charge in [0.15, 0.2) is 5.75 Å². The third-order valence-corrected chi connectivity index (χ3v) is 7.39. The van der Waals surface area contributed by atoms with Gasteiger partial charge in [0.2, 0.25) is 21.9 Å². The smallest absolute Gasteiger partial charge is 0.267 e. The first-order valence-electron chi connectivity index (χ1n) is 11.8. The van der Waals surface area contributed by atoms with Crippen LogP contribution >= 0.6 is 0 Å². The molecule has 0 radical (unpaired) electrons. The van der Waals surface area contributed by atoms with E-state index >= 15 is 0 Å². The van der Waals surface area contributed by atoms with E-state index in [1.165, 1.54) is 29.9 Å². The zero-order valence-electron chi connectivity index (χ0n) is 21.4. The van der Waals surface area contributed by atoms with E-state index in [2.05, 4.69) is 32.1 Å². The summed E-state index contributed by atoms with van der Waals surface area (Å²) in [6, 6.07) is 14.7. The lowest BCUT2D eigenvalue weighted by atomic mass is 10.2. The Labute approximate surface area is 222 Å². The molecule has 12 heteroatoms. The van der Waals surface area contributed by atoms with E-state index in [4.69, 9.17) is 9.47 Å². The normalized spacial score (nSPS) is 15.5. The summed E-state index contributed by atoms with van der Waals surface area (Å²) in [5.41, 5.74) is 2.28. The highest BCUT2D eigenvalue weighted by Gasteiger charge is 2.31. The maximum atomic E-state index is 11.8. The van der Waals surface area contributed by atoms with Crippen LogP contribution in [0.5, 0.6) is 17.4 Å². The number of rotatable bonds is 10. The maximum Gasteiger partial charge on any atom is 0.267 e. The number of anilines is 4. The third kappa shape index (κ3) is 6.58. The van der Waals surface area contributed by atoms with Gasteiger partial charge in [0, 0.05) is 49.3 Å². The maximum absolute atomic E-state index is 11.8. The van der Waals surface area contributed by atoms with E-state index in [1.807, 2.05) is 31.3 Å². The van der Waals surface area contributed by atoms with Gasteiger partial charge in [-0.25, -0.2) is 17.7 Å². The minimum Gasteiger partial charge on any atom is -0.490 e. The monoisotopic (exact) mass is 538 g/mol. The molecule has 2 heterocycles. The fourth-order valence-electron chi connectivity index (χ4n) is 4.02. The van der Waals surface area contributed by atoms with Crippen molar-refractivity contribution in [3.05, 3.63) is 67.4 Å². The van der Waals surface area contributed by atoms with Crippen LogP contribution in [0.15, 0.2) is 67.4 Å². The number of carbonyl (C=O) groups excluding carboxylic acids is 1. The summed E-state index contributed by atoms with van der Waals surface area (Å²) in [5.74, 6) is 0.962. The number of methoxy groups -OCH3 is 1. The van der Waals surface area contributed by atoms with E-state index in [0.717, 1.165) is 17.8 Å². The minimum atomic E-state index is -3.19. The summed E-state index contributed by atoms with van der Waals surface area (Å²) in [7, 11) is 0.273. The molecule has 3 aromatic rings. The minimum absolute atomic E-state index is 0.108. The summed E-state index contributed by atoms with van der Waals surface area (Å²) in [5, 5.41) is 5.84. The lowest BCUT2D eigenvalue weighted by molar-refractivity contribution is -0.111. The molecular weight excluding hydrogens is 508 g/mol. The second-order valence-electron chi connectivity index (χ2n) is 8.74. The van der Waals surface area contributed by atoms with Gasteiger partial charge in [-0.3, -0.25) is 4.79 Å². The van der Waals surface area contributed by atoms with Crippen LogP contribution in [0.1, 0.15) is 6.42 Å². The highest BCUT2D eigenvalue weighted by Crippen LogP contribution is 2.32. The van der Waals surface area contributed by atoms with Crippen molar-refractivity contribution in [3.8, 4) is 17.4 Å². The molecular formula is C26H30N6O5S. The zero-order valence-corrected chi connectivity index (χ0v) is 22.2. The Bertz CT molecular complexity index is 1410. The Morgan fingerprint density at radius 2 is 1.97 bits per heavy atom. The van der Waals surface area contributed by atoms with Crippen molar-refractivity contribution in [2.45, 2.75) is 12.5 Å². The average molecular weight is 539 g/mol. The second kappa shape index (κ2) is 11.5. The number of hydrogen-bond acceptors (Lipinski definition) is 9. The predicted molar refractivity (Wildman–Crippen MR) is 147 cm³/mol. The summed E-state index contributed by atoms with van der Waals surface area (Å²) >= 11 is 0. The molecule has 0 saturated carbocycles. The molecule has 11 nitrogen and oxygen atoms in total. The second-order valence-corrected chi connectivity index (χ2v) is 10.7. The summed E-state index contributed by atoms with van der Waals surface area (Å²) < 4.78 is 36.5. The molecule has 200 valence electrons. The Balaban J connectivity index is 1.45. The molecule has 1 aliphatic heterocycles. The predicted octanol–water partition coefficient (Wildman–Crippen LogP) is 3.62. The molecule has 2 aromatic carbocycles. The number of ether oxygens (including phenoxy) is 2. The SMILES string of the molecule is C=CC(=O)Nc1cccc(Oc2nc(Nc3ccc(N(C)[C@H]4CCN(S(C)(=O)=O)C4)cc3)ncc2OC)c1. The Kier molecular flexibility index (Phi) is 8.13. The molecule has 1 fully saturated rings. The molecule has 1 atom stereocenters. The van der Waals surface area contributed by atoms with Gasteiger partial charge >= 0.3 is 0 Å². The van der Waals surface area contributed by atoms with Crippen LogP contribution in [-0.2, 0) is 14.8 Å². The molecule has 1 aliphatic rings. The number of nitrogens with one attached hydrogen (secondary N) is 2. The molecule has 38 heavy (non-hydrogen) atoms. The van der Waals surface area contributed by atoms with Crippen molar-refractivity contribution in [2.75, 3.05) is 49.0 Å². The Hall–Kier alpha value is -4.16. The number of nitrogens with zero attached hydrogens (tertiary/aromatic N) is 4. The molecule has 0 bridgehead atoms. The largest absolute Gasteiger partial charge is 0.490 e. The van der Waals surface area contributed by atoms with E-state index in [-0.39, 0.29) is 17.8 Å². The van der Waals surface area contributed by atoms with Crippen LogP contribution < -0.4 is 25.0 Å². The van der Waals surface area contributed by atoms with Crippen LogP contribution in [0.4, 0.5) is 23.0 Å². The molecule has 0 spiro atoms. The summed E-state index contributed by atoms with van der Waals surface area (Å²) in [6.45, 7) is 4.45. The van der Waals surface area contributed by atoms with Gasteiger partial charge in [-0.05, 0) is 48.9 Å². The fraction of sp³-hybridized carbons (Fsp3) is 0.269. The number of aromatic nitrogens is 2. The van der Waals surface area contributed by atoms with Crippen molar-refractivity contribution in [3.63, 3.8) is 0 Å². The van der Waals surface area contributed by atoms with Gasteiger partial charge in [0.1, 0.15) is 5.75 Å². The quantitative estimate of drug-likeness (QED) is 0.372. The number of carbonyl (C=O) groups is 1. The van der Waals surface area contributed by atoms with Crippen molar-refractivity contribution in [1.29, 1.82) is 0 Å². The van der Waals surface area contributed by atoms with Crippen molar-refractivity contribution < 1.29 is 22.7 Å².